The molecule has 0 aliphatic heterocycles. The van der Waals surface area contributed by atoms with Gasteiger partial charge in [-0.2, -0.15) is 0 Å². The molecule has 230 valence electrons. The lowest BCUT2D eigenvalue weighted by atomic mass is 9.96. The van der Waals surface area contributed by atoms with Crippen LogP contribution >= 0.6 is 0 Å². The summed E-state index contributed by atoms with van der Waals surface area (Å²) < 4.78 is 0. The highest BCUT2D eigenvalue weighted by molar-refractivity contribution is 5.96. The zero-order chi connectivity index (χ0) is 31.7. The van der Waals surface area contributed by atoms with Gasteiger partial charge in [-0.1, -0.05) is 50.6 Å². The topological polar surface area (TPSA) is 230 Å². The van der Waals surface area contributed by atoms with Crippen LogP contribution in [0.5, 0.6) is 5.75 Å². The van der Waals surface area contributed by atoms with Gasteiger partial charge in [0.1, 0.15) is 23.9 Å². The Morgan fingerprint density at radius 2 is 1.53 bits per heavy atom. The summed E-state index contributed by atoms with van der Waals surface area (Å²) in [6, 6.07) is 8.45. The number of phenolic OH excluding ortho intramolecular Hbond substituents is 1. The maximum Gasteiger partial charge on any atom is 0.326 e. The molecule has 5 atom stereocenters. The number of fused-ring (bicyclic) bond motifs is 1. The molecular weight excluding hydrogens is 556 g/mol. The van der Waals surface area contributed by atoms with Gasteiger partial charge in [0.05, 0.1) is 12.5 Å². The normalized spacial score (nSPS) is 14.6. The van der Waals surface area contributed by atoms with E-state index in [2.05, 4.69) is 20.9 Å². The zero-order valence-electron chi connectivity index (χ0n) is 24.0. The van der Waals surface area contributed by atoms with Crippen LogP contribution in [0.2, 0.25) is 0 Å². The van der Waals surface area contributed by atoms with Crippen molar-refractivity contribution in [1.29, 1.82) is 0 Å². The largest absolute Gasteiger partial charge is 0.508 e. The number of benzene rings is 2. The zero-order valence-corrected chi connectivity index (χ0v) is 24.0. The molecule has 0 fully saturated rings. The first-order valence-electron chi connectivity index (χ1n) is 13.9. The van der Waals surface area contributed by atoms with E-state index in [-0.39, 0.29) is 18.6 Å². The molecule has 0 aliphatic carbocycles. The van der Waals surface area contributed by atoms with Gasteiger partial charge in [-0.25, -0.2) is 4.79 Å². The number of nitrogens with two attached hydrogens (primary N) is 2. The first kappa shape index (κ1) is 32.6. The third-order valence-electron chi connectivity index (χ3n) is 7.27. The van der Waals surface area contributed by atoms with E-state index in [4.69, 9.17) is 11.5 Å². The number of primary amides is 1. The summed E-state index contributed by atoms with van der Waals surface area (Å²) in [4.78, 5) is 66.4. The average molecular weight is 595 g/mol. The number of carbonyl (C=O) groups excluding carboxylic acids is 4. The van der Waals surface area contributed by atoms with Crippen molar-refractivity contribution < 1.29 is 34.2 Å². The highest BCUT2D eigenvalue weighted by atomic mass is 16.4. The van der Waals surface area contributed by atoms with E-state index in [1.807, 2.05) is 25.1 Å². The smallest absolute Gasteiger partial charge is 0.326 e. The predicted molar refractivity (Wildman–Crippen MR) is 158 cm³/mol. The van der Waals surface area contributed by atoms with E-state index in [0.29, 0.717) is 17.5 Å². The van der Waals surface area contributed by atoms with Crippen molar-refractivity contribution in [3.05, 3.63) is 65.9 Å². The van der Waals surface area contributed by atoms with Crippen LogP contribution in [0.4, 0.5) is 0 Å². The molecular formula is C30H38N6O7. The number of hydrogen-bond donors (Lipinski definition) is 8. The van der Waals surface area contributed by atoms with E-state index in [1.165, 1.54) is 12.1 Å². The summed E-state index contributed by atoms with van der Waals surface area (Å²) in [6.45, 7) is 3.53. The quantitative estimate of drug-likeness (QED) is 0.123. The predicted octanol–water partition coefficient (Wildman–Crippen LogP) is 0.447. The van der Waals surface area contributed by atoms with Crippen molar-refractivity contribution in [3.63, 3.8) is 0 Å². The van der Waals surface area contributed by atoms with Gasteiger partial charge < -0.3 is 42.6 Å². The lowest BCUT2D eigenvalue weighted by molar-refractivity contribution is -0.142. The van der Waals surface area contributed by atoms with Crippen molar-refractivity contribution in [1.82, 2.24) is 20.9 Å². The third-order valence-corrected chi connectivity index (χ3v) is 7.27. The Morgan fingerprint density at radius 3 is 2.16 bits per heavy atom. The Balaban J connectivity index is 1.72. The number of carbonyl (C=O) groups is 5. The van der Waals surface area contributed by atoms with Gasteiger partial charge in [0.25, 0.3) is 0 Å². The number of aromatic amines is 1. The third kappa shape index (κ3) is 9.04. The number of rotatable bonds is 15. The van der Waals surface area contributed by atoms with Crippen LogP contribution in [-0.2, 0) is 36.8 Å². The molecule has 0 bridgehead atoms. The Kier molecular flexibility index (Phi) is 11.2. The minimum absolute atomic E-state index is 0.0627. The second-order valence-electron chi connectivity index (χ2n) is 10.5. The minimum atomic E-state index is -1.50. The minimum Gasteiger partial charge on any atom is -0.508 e. The fourth-order valence-corrected chi connectivity index (χ4v) is 4.61. The van der Waals surface area contributed by atoms with Crippen molar-refractivity contribution in [2.24, 2.45) is 17.4 Å². The highest BCUT2D eigenvalue weighted by Gasteiger charge is 2.33. The monoisotopic (exact) mass is 594 g/mol. The molecule has 0 radical (unpaired) electrons. The fraction of sp³-hybridized carbons (Fsp3) is 0.367. The average Bonchev–Trinajstić information content (AvgIpc) is 3.38. The maximum atomic E-state index is 13.4. The van der Waals surface area contributed by atoms with E-state index in [1.54, 1.807) is 31.3 Å². The van der Waals surface area contributed by atoms with Gasteiger partial charge in [-0.05, 0) is 41.7 Å². The van der Waals surface area contributed by atoms with Crippen LogP contribution in [0.1, 0.15) is 37.8 Å². The van der Waals surface area contributed by atoms with Crippen molar-refractivity contribution >= 4 is 40.5 Å². The number of nitrogens with one attached hydrogen (secondary N) is 4. The molecule has 0 aliphatic rings. The molecule has 43 heavy (non-hydrogen) atoms. The molecule has 4 amide bonds. The van der Waals surface area contributed by atoms with Crippen LogP contribution in [0, 0.1) is 5.92 Å². The molecule has 5 unspecified atom stereocenters. The van der Waals surface area contributed by atoms with Crippen molar-refractivity contribution in [3.8, 4) is 5.75 Å². The SMILES string of the molecule is CCC(C)C(NC(=O)C(N)Cc1ccc(O)cc1)C(=O)NC(CC(N)=O)C(=O)NC(Cc1c[nH]c2ccccc12)C(=O)O. The number of carboxylic acids is 1. The molecule has 10 N–H and O–H groups in total. The lowest BCUT2D eigenvalue weighted by Gasteiger charge is -2.27. The summed E-state index contributed by atoms with van der Waals surface area (Å²) in [7, 11) is 0. The Hall–Kier alpha value is -4.91. The van der Waals surface area contributed by atoms with Gasteiger partial charge in [-0.15, -0.1) is 0 Å². The number of phenols is 1. The fourth-order valence-electron chi connectivity index (χ4n) is 4.61. The summed E-state index contributed by atoms with van der Waals surface area (Å²) in [6.07, 6.45) is 1.61. The molecule has 13 heteroatoms. The van der Waals surface area contributed by atoms with E-state index in [9.17, 15) is 34.2 Å². The number of amides is 4. The molecule has 2 aromatic carbocycles. The standard InChI is InChI=1S/C30H38N6O7/c1-3-16(2)26(36-27(39)21(31)12-17-8-10-19(37)11-9-17)29(41)34-23(14-25(32)38)28(40)35-24(30(42)43)13-18-15-33-22-7-5-4-6-20(18)22/h4-11,15-16,21,23-24,26,33,37H,3,12-14,31H2,1-2H3,(H2,32,38)(H,34,41)(H,35,40)(H,36,39)(H,42,43). The summed E-state index contributed by atoms with van der Waals surface area (Å²) in [5, 5.41) is 27.6. The van der Waals surface area contributed by atoms with Crippen molar-refractivity contribution in [2.45, 2.75) is 63.7 Å². The Bertz CT molecular complexity index is 1450. The number of aromatic nitrogens is 1. The number of H-pyrrole nitrogens is 1. The molecule has 3 aromatic rings. The van der Waals surface area contributed by atoms with E-state index in [0.717, 1.165) is 10.9 Å². The number of para-hydroxylation sites is 1. The van der Waals surface area contributed by atoms with Crippen molar-refractivity contribution in [2.75, 3.05) is 0 Å². The van der Waals surface area contributed by atoms with Gasteiger partial charge in [0, 0.05) is 23.5 Å². The molecule has 13 nitrogen and oxygen atoms in total. The summed E-state index contributed by atoms with van der Waals surface area (Å²) >= 11 is 0. The number of hydrogen-bond acceptors (Lipinski definition) is 7. The second kappa shape index (κ2) is 14.8. The lowest BCUT2D eigenvalue weighted by Crippen LogP contribution is -2.59. The number of aliphatic carboxylic acids is 1. The number of carboxylic acid groups (broad SMARTS) is 1. The molecule has 0 saturated carbocycles. The number of aromatic hydroxyl groups is 1. The molecule has 3 rings (SSSR count). The van der Waals surface area contributed by atoms with Gasteiger partial charge in [0.2, 0.25) is 23.6 Å². The van der Waals surface area contributed by atoms with E-state index >= 15 is 0 Å². The first-order valence-corrected chi connectivity index (χ1v) is 13.9. The van der Waals surface area contributed by atoms with Crippen LogP contribution in [0.3, 0.4) is 0 Å². The highest BCUT2D eigenvalue weighted by Crippen LogP contribution is 2.19. The summed E-state index contributed by atoms with van der Waals surface area (Å²) in [5.41, 5.74) is 13.6. The second-order valence-corrected chi connectivity index (χ2v) is 10.5. The van der Waals surface area contributed by atoms with Crippen LogP contribution in [0.15, 0.2) is 54.7 Å². The maximum absolute atomic E-state index is 13.4. The Labute approximate surface area is 248 Å². The molecule has 0 saturated heterocycles. The molecule has 0 spiro atoms. The van der Waals surface area contributed by atoms with Crippen LogP contribution < -0.4 is 27.4 Å². The molecule has 1 aromatic heterocycles. The Morgan fingerprint density at radius 1 is 0.884 bits per heavy atom. The van der Waals surface area contributed by atoms with Gasteiger partial charge >= 0.3 is 5.97 Å². The van der Waals surface area contributed by atoms with E-state index < -0.39 is 66.1 Å². The van der Waals surface area contributed by atoms with Crippen LogP contribution in [0.25, 0.3) is 10.9 Å². The van der Waals surface area contributed by atoms with Crippen LogP contribution in [-0.4, -0.2) is 69.0 Å². The van der Waals surface area contributed by atoms with Gasteiger partial charge in [0.15, 0.2) is 0 Å². The first-order chi connectivity index (χ1) is 20.4. The van der Waals surface area contributed by atoms with Gasteiger partial charge in [-0.3, -0.25) is 19.2 Å². The summed E-state index contributed by atoms with van der Waals surface area (Å²) in [5.74, 6) is -4.83. The molecule has 1 heterocycles.